The number of hydrogen-bond acceptors (Lipinski definition) is 6. The molecule has 0 unspecified atom stereocenters. The van der Waals surface area contributed by atoms with Crippen molar-refractivity contribution in [2.75, 3.05) is 5.32 Å². The number of nitrogens with one attached hydrogen (secondary N) is 2. The summed E-state index contributed by atoms with van der Waals surface area (Å²) >= 11 is 0. The van der Waals surface area contributed by atoms with Gasteiger partial charge >= 0.3 is 5.97 Å². The number of halogens is 1. The fourth-order valence-electron chi connectivity index (χ4n) is 2.98. The van der Waals surface area contributed by atoms with Gasteiger partial charge in [0.15, 0.2) is 11.3 Å². The number of aromatic amines is 1. The average Bonchev–Trinajstić information content (AvgIpc) is 3.25. The number of esters is 1. The number of carbonyl (C=O) groups excluding carboxylic acids is 2. The highest BCUT2D eigenvalue weighted by Gasteiger charge is 2.37. The third-order valence-corrected chi connectivity index (χ3v) is 4.31. The van der Waals surface area contributed by atoms with Gasteiger partial charge in [-0.2, -0.15) is 0 Å². The second kappa shape index (κ2) is 7.82. The standard InChI is InChI=1S/C22H18FN3O4/c1-12(2)29-22(28)18-19(27)17(10-13-11-25-20-16(13)4-3-9-24-20)30-21(18)26-15-7-5-14(23)6-8-15/h3-12,26H,1-2H3,(H,24,25). The molecule has 0 saturated heterocycles. The number of carbonyl (C=O) groups is 2. The van der Waals surface area contributed by atoms with E-state index < -0.39 is 23.7 Å². The first kappa shape index (κ1) is 19.4. The molecular formula is C22H18FN3O4. The Hall–Kier alpha value is -3.94. The van der Waals surface area contributed by atoms with Crippen LogP contribution in [0.1, 0.15) is 19.4 Å². The highest BCUT2D eigenvalue weighted by atomic mass is 19.1. The van der Waals surface area contributed by atoms with Crippen molar-refractivity contribution >= 4 is 34.5 Å². The van der Waals surface area contributed by atoms with E-state index in [9.17, 15) is 14.0 Å². The third-order valence-electron chi connectivity index (χ3n) is 4.31. The summed E-state index contributed by atoms with van der Waals surface area (Å²) in [6, 6.07) is 9.07. The van der Waals surface area contributed by atoms with Crippen LogP contribution in [0.2, 0.25) is 0 Å². The zero-order valence-electron chi connectivity index (χ0n) is 16.2. The lowest BCUT2D eigenvalue weighted by Crippen LogP contribution is -2.19. The fourth-order valence-corrected chi connectivity index (χ4v) is 2.98. The molecule has 7 nitrogen and oxygen atoms in total. The van der Waals surface area contributed by atoms with E-state index in [0.29, 0.717) is 16.9 Å². The Labute approximate surface area is 171 Å². The van der Waals surface area contributed by atoms with Crippen LogP contribution in [0.4, 0.5) is 10.1 Å². The van der Waals surface area contributed by atoms with Crippen molar-refractivity contribution in [2.45, 2.75) is 20.0 Å². The summed E-state index contributed by atoms with van der Waals surface area (Å²) in [5.41, 5.74) is 1.54. The molecule has 0 bridgehead atoms. The van der Waals surface area contributed by atoms with E-state index in [4.69, 9.17) is 9.47 Å². The molecule has 30 heavy (non-hydrogen) atoms. The largest absolute Gasteiger partial charge is 0.459 e. The summed E-state index contributed by atoms with van der Waals surface area (Å²) in [5.74, 6) is -1.93. The van der Waals surface area contributed by atoms with Crippen LogP contribution in [-0.2, 0) is 19.1 Å². The number of anilines is 1. The zero-order chi connectivity index (χ0) is 21.3. The van der Waals surface area contributed by atoms with Gasteiger partial charge in [-0.15, -0.1) is 0 Å². The van der Waals surface area contributed by atoms with E-state index in [1.807, 2.05) is 6.07 Å². The molecule has 0 saturated carbocycles. The summed E-state index contributed by atoms with van der Waals surface area (Å²) in [4.78, 5) is 32.8. The second-order valence-electron chi connectivity index (χ2n) is 6.87. The molecule has 0 atom stereocenters. The van der Waals surface area contributed by atoms with Crippen molar-refractivity contribution < 1.29 is 23.5 Å². The van der Waals surface area contributed by atoms with E-state index in [2.05, 4.69) is 15.3 Å². The Morgan fingerprint density at radius 2 is 2.03 bits per heavy atom. The topological polar surface area (TPSA) is 93.3 Å². The van der Waals surface area contributed by atoms with E-state index in [-0.39, 0.29) is 17.2 Å². The van der Waals surface area contributed by atoms with Gasteiger partial charge in [-0.05, 0) is 56.3 Å². The molecule has 0 fully saturated rings. The predicted octanol–water partition coefficient (Wildman–Crippen LogP) is 3.92. The van der Waals surface area contributed by atoms with Crippen molar-refractivity contribution in [2.24, 2.45) is 0 Å². The minimum absolute atomic E-state index is 0.0416. The van der Waals surface area contributed by atoms with Crippen LogP contribution in [0, 0.1) is 5.82 Å². The van der Waals surface area contributed by atoms with E-state index >= 15 is 0 Å². The number of Topliss-reactive ketones (excluding diaryl/α,β-unsaturated/α-hetero) is 1. The maximum absolute atomic E-state index is 13.2. The molecule has 0 amide bonds. The van der Waals surface area contributed by atoms with Crippen molar-refractivity contribution in [3.05, 3.63) is 77.4 Å². The first-order valence-corrected chi connectivity index (χ1v) is 9.26. The number of ketones is 1. The summed E-state index contributed by atoms with van der Waals surface area (Å²) < 4.78 is 24.1. The number of aromatic nitrogens is 2. The lowest BCUT2D eigenvalue weighted by molar-refractivity contribution is -0.143. The molecule has 8 heteroatoms. The molecule has 1 aliphatic heterocycles. The average molecular weight is 407 g/mol. The molecular weight excluding hydrogens is 389 g/mol. The molecule has 0 radical (unpaired) electrons. The van der Waals surface area contributed by atoms with Crippen LogP contribution >= 0.6 is 0 Å². The monoisotopic (exact) mass is 407 g/mol. The Morgan fingerprint density at radius 3 is 2.77 bits per heavy atom. The Morgan fingerprint density at radius 1 is 1.27 bits per heavy atom. The van der Waals surface area contributed by atoms with Gasteiger partial charge in [0.2, 0.25) is 11.7 Å². The number of ether oxygens (including phenoxy) is 2. The van der Waals surface area contributed by atoms with Crippen LogP contribution in [0.3, 0.4) is 0 Å². The fraction of sp³-hybridized carbons (Fsp3) is 0.136. The second-order valence-corrected chi connectivity index (χ2v) is 6.87. The van der Waals surface area contributed by atoms with Crippen LogP contribution < -0.4 is 5.32 Å². The molecule has 4 rings (SSSR count). The van der Waals surface area contributed by atoms with Gasteiger partial charge in [0.1, 0.15) is 11.5 Å². The molecule has 2 aromatic heterocycles. The van der Waals surface area contributed by atoms with Gasteiger partial charge in [-0.3, -0.25) is 4.79 Å². The number of pyridine rings is 1. The molecule has 152 valence electrons. The van der Waals surface area contributed by atoms with E-state index in [0.717, 1.165) is 5.39 Å². The lowest BCUT2D eigenvalue weighted by Gasteiger charge is -2.10. The van der Waals surface area contributed by atoms with Crippen LogP contribution in [-0.4, -0.2) is 27.8 Å². The van der Waals surface area contributed by atoms with E-state index in [1.54, 1.807) is 32.3 Å². The molecule has 0 aliphatic carbocycles. The third kappa shape index (κ3) is 3.80. The zero-order valence-corrected chi connectivity index (χ0v) is 16.2. The number of nitrogens with zero attached hydrogens (tertiary/aromatic N) is 1. The van der Waals surface area contributed by atoms with Gasteiger partial charge in [-0.1, -0.05) is 0 Å². The number of H-pyrrole nitrogens is 1. The number of allylic oxidation sites excluding steroid dienone is 1. The molecule has 3 aromatic rings. The van der Waals surface area contributed by atoms with Gasteiger partial charge in [-0.25, -0.2) is 14.2 Å². The summed E-state index contributed by atoms with van der Waals surface area (Å²) in [6.45, 7) is 3.36. The Bertz CT molecular complexity index is 1190. The maximum atomic E-state index is 13.2. The predicted molar refractivity (Wildman–Crippen MR) is 108 cm³/mol. The van der Waals surface area contributed by atoms with Crippen molar-refractivity contribution in [3.63, 3.8) is 0 Å². The highest BCUT2D eigenvalue weighted by Crippen LogP contribution is 2.30. The number of benzene rings is 1. The van der Waals surface area contributed by atoms with Crippen molar-refractivity contribution in [1.82, 2.24) is 9.97 Å². The van der Waals surface area contributed by atoms with Crippen LogP contribution in [0.25, 0.3) is 17.1 Å². The molecule has 2 N–H and O–H groups in total. The minimum atomic E-state index is -0.802. The molecule has 1 aromatic carbocycles. The highest BCUT2D eigenvalue weighted by molar-refractivity contribution is 6.26. The minimum Gasteiger partial charge on any atom is -0.459 e. The Balaban J connectivity index is 1.70. The quantitative estimate of drug-likeness (QED) is 0.378. The maximum Gasteiger partial charge on any atom is 0.348 e. The smallest absolute Gasteiger partial charge is 0.348 e. The summed E-state index contributed by atoms with van der Waals surface area (Å²) in [5, 5.41) is 3.66. The van der Waals surface area contributed by atoms with Crippen LogP contribution in [0.5, 0.6) is 0 Å². The summed E-state index contributed by atoms with van der Waals surface area (Å²) in [7, 11) is 0. The molecule has 0 spiro atoms. The first-order chi connectivity index (χ1) is 14.4. The number of rotatable bonds is 5. The molecule has 1 aliphatic rings. The Kier molecular flexibility index (Phi) is 5.05. The normalized spacial score (nSPS) is 15.2. The summed E-state index contributed by atoms with van der Waals surface area (Å²) in [6.07, 6.45) is 4.46. The van der Waals surface area contributed by atoms with Crippen LogP contribution in [0.15, 0.2) is 66.0 Å². The number of hydrogen-bond donors (Lipinski definition) is 2. The van der Waals surface area contributed by atoms with Gasteiger partial charge in [0.05, 0.1) is 6.10 Å². The first-order valence-electron chi connectivity index (χ1n) is 9.26. The van der Waals surface area contributed by atoms with Gasteiger partial charge in [0.25, 0.3) is 0 Å². The number of fused-ring (bicyclic) bond motifs is 1. The lowest BCUT2D eigenvalue weighted by atomic mass is 10.1. The van der Waals surface area contributed by atoms with Gasteiger partial charge < -0.3 is 19.8 Å². The van der Waals surface area contributed by atoms with Gasteiger partial charge in [0, 0.05) is 29.0 Å². The van der Waals surface area contributed by atoms with E-state index in [1.165, 1.54) is 30.3 Å². The van der Waals surface area contributed by atoms with Crippen molar-refractivity contribution in [3.8, 4) is 0 Å². The SMILES string of the molecule is CC(C)OC(=O)C1=C(Nc2ccc(F)cc2)OC(=Cc2c[nH]c3ncccc23)C1=O. The molecule has 3 heterocycles. The van der Waals surface area contributed by atoms with Crippen molar-refractivity contribution in [1.29, 1.82) is 0 Å².